The fourth-order valence-corrected chi connectivity index (χ4v) is 6.17. The summed E-state index contributed by atoms with van der Waals surface area (Å²) in [5.41, 5.74) is 0.562. The Balaban J connectivity index is 0.000000853. The molecule has 0 heterocycles. The second-order valence-electron chi connectivity index (χ2n) is 7.68. The average Bonchev–Trinajstić information content (AvgIpc) is 1.67. The van der Waals surface area contributed by atoms with Crippen LogP contribution in [-0.4, -0.2) is 5.60 Å². The number of rotatable bonds is 0. The molecule has 2 heteroatoms. The molecule has 4 bridgehead atoms. The average molecular weight is 211 g/mol. The maximum Gasteiger partial charge on any atom is -0.0323 e. The van der Waals surface area contributed by atoms with Crippen molar-refractivity contribution in [2.45, 2.75) is 64.9 Å². The molecule has 0 atom stereocenters. The van der Waals surface area contributed by atoms with Crippen LogP contribution in [-0.2, 0) is 0 Å². The Morgan fingerprint density at radius 1 is 0.667 bits per heavy atom. The Bertz CT molecular complexity index is 203. The number of quaternary nitrogens is 1. The highest BCUT2D eigenvalue weighted by molar-refractivity contribution is 5.14. The van der Waals surface area contributed by atoms with Gasteiger partial charge in [0.05, 0.1) is 0 Å². The second kappa shape index (κ2) is 2.60. The zero-order chi connectivity index (χ0) is 10.2. The van der Waals surface area contributed by atoms with Crippen LogP contribution in [0.5, 0.6) is 0 Å². The predicted octanol–water partition coefficient (Wildman–Crippen LogP) is 2.86. The first kappa shape index (κ1) is 11.4. The van der Waals surface area contributed by atoms with E-state index in [2.05, 4.69) is 20.8 Å². The molecule has 88 valence electrons. The van der Waals surface area contributed by atoms with E-state index in [0.29, 0.717) is 16.2 Å². The summed E-state index contributed by atoms with van der Waals surface area (Å²) in [4.78, 5) is 0. The molecule has 0 saturated heterocycles. The Morgan fingerprint density at radius 2 is 0.933 bits per heavy atom. The van der Waals surface area contributed by atoms with Crippen molar-refractivity contribution in [1.29, 1.82) is 0 Å². The Kier molecular flexibility index (Phi) is 1.97. The molecule has 0 unspecified atom stereocenters. The molecule has 4 aliphatic rings. The molecule has 0 aromatic heterocycles. The highest BCUT2D eigenvalue weighted by Crippen LogP contribution is 2.69. The van der Waals surface area contributed by atoms with Crippen molar-refractivity contribution in [1.82, 2.24) is 6.15 Å². The van der Waals surface area contributed by atoms with Crippen molar-refractivity contribution >= 4 is 0 Å². The van der Waals surface area contributed by atoms with E-state index < -0.39 is 5.60 Å². The zero-order valence-corrected chi connectivity index (χ0v) is 10.7. The minimum atomic E-state index is -0.562. The van der Waals surface area contributed by atoms with Crippen LogP contribution in [0.1, 0.15) is 59.3 Å². The highest BCUT2D eigenvalue weighted by Gasteiger charge is 2.59. The van der Waals surface area contributed by atoms with Crippen molar-refractivity contribution in [2.24, 2.45) is 16.2 Å². The van der Waals surface area contributed by atoms with Crippen molar-refractivity contribution in [2.75, 3.05) is 0 Å². The summed E-state index contributed by atoms with van der Waals surface area (Å²) in [5, 5.41) is 12.6. The monoisotopic (exact) mass is 211 g/mol. The van der Waals surface area contributed by atoms with Crippen LogP contribution in [0, 0.1) is 16.2 Å². The van der Waals surface area contributed by atoms with Crippen LogP contribution < -0.4 is 11.3 Å². The van der Waals surface area contributed by atoms with Gasteiger partial charge in [0.25, 0.3) is 0 Å². The van der Waals surface area contributed by atoms with Gasteiger partial charge in [0, 0.05) is 0 Å². The van der Waals surface area contributed by atoms with Crippen molar-refractivity contribution in [3.05, 3.63) is 0 Å². The van der Waals surface area contributed by atoms with Gasteiger partial charge in [-0.25, -0.2) is 0 Å². The first-order chi connectivity index (χ1) is 6.24. The minimum Gasteiger partial charge on any atom is -0.849 e. The molecule has 0 aromatic carbocycles. The Hall–Kier alpha value is -0.0800. The normalized spacial score (nSPS) is 61.6. The number of hydrogen-bond donors (Lipinski definition) is 1. The molecule has 4 fully saturated rings. The fraction of sp³-hybridized carbons (Fsp3) is 1.00. The first-order valence-electron chi connectivity index (χ1n) is 5.95. The lowest BCUT2D eigenvalue weighted by atomic mass is 9.39. The van der Waals surface area contributed by atoms with Crippen LogP contribution in [0.4, 0.5) is 0 Å². The van der Waals surface area contributed by atoms with E-state index in [1.165, 1.54) is 19.3 Å². The van der Waals surface area contributed by atoms with Gasteiger partial charge in [-0.15, -0.1) is 5.60 Å². The smallest absolute Gasteiger partial charge is 0.0323 e. The third-order valence-corrected chi connectivity index (χ3v) is 4.81. The van der Waals surface area contributed by atoms with E-state index in [0.717, 1.165) is 19.3 Å². The fourth-order valence-electron chi connectivity index (χ4n) is 6.17. The van der Waals surface area contributed by atoms with E-state index in [1.807, 2.05) is 0 Å². The lowest BCUT2D eigenvalue weighted by Gasteiger charge is -2.72. The van der Waals surface area contributed by atoms with Gasteiger partial charge in [0.2, 0.25) is 0 Å². The molecular weight excluding hydrogens is 186 g/mol. The van der Waals surface area contributed by atoms with Gasteiger partial charge < -0.3 is 11.3 Å². The van der Waals surface area contributed by atoms with Crippen LogP contribution >= 0.6 is 0 Å². The SMILES string of the molecule is CC12CC3(C)CC(C)(C1)CC([O-])(C2)C3.[NH4+]. The van der Waals surface area contributed by atoms with Gasteiger partial charge in [-0.3, -0.25) is 0 Å². The summed E-state index contributed by atoms with van der Waals surface area (Å²) in [7, 11) is 0. The van der Waals surface area contributed by atoms with Crippen molar-refractivity contribution in [3.63, 3.8) is 0 Å². The molecule has 0 radical (unpaired) electrons. The quantitative estimate of drug-likeness (QED) is 0.658. The standard InChI is InChI=1S/C13H21O.H3N/c1-10-4-11(2)6-12(3,5-10)9-13(14,7-10)8-11;/h4-9H2,1-3H3;1H3/q-1;/p+1. The molecule has 2 nitrogen and oxygen atoms in total. The van der Waals surface area contributed by atoms with Gasteiger partial charge in [-0.05, 0) is 35.5 Å². The summed E-state index contributed by atoms with van der Waals surface area (Å²) >= 11 is 0. The van der Waals surface area contributed by atoms with Crippen molar-refractivity contribution < 1.29 is 5.11 Å². The summed E-state index contributed by atoms with van der Waals surface area (Å²) < 4.78 is 0. The summed E-state index contributed by atoms with van der Waals surface area (Å²) in [6.45, 7) is 7.06. The van der Waals surface area contributed by atoms with Gasteiger partial charge in [0.1, 0.15) is 0 Å². The highest BCUT2D eigenvalue weighted by atomic mass is 16.3. The van der Waals surface area contributed by atoms with E-state index in [1.54, 1.807) is 0 Å². The Labute approximate surface area is 93.0 Å². The van der Waals surface area contributed by atoms with Crippen LogP contribution in [0.15, 0.2) is 0 Å². The predicted molar refractivity (Wildman–Crippen MR) is 60.7 cm³/mol. The summed E-state index contributed by atoms with van der Waals surface area (Å²) in [6.07, 6.45) is 6.76. The third kappa shape index (κ3) is 1.53. The van der Waals surface area contributed by atoms with Gasteiger partial charge in [0.15, 0.2) is 0 Å². The second-order valence-corrected chi connectivity index (χ2v) is 7.68. The lowest BCUT2D eigenvalue weighted by Crippen LogP contribution is -2.66. The molecular formula is C13H25NO. The minimum absolute atomic E-state index is 0. The summed E-state index contributed by atoms with van der Waals surface area (Å²) in [6, 6.07) is 0. The van der Waals surface area contributed by atoms with Gasteiger partial charge >= 0.3 is 0 Å². The molecule has 4 aliphatic carbocycles. The maximum absolute atomic E-state index is 12.6. The molecule has 4 N–H and O–H groups in total. The maximum atomic E-state index is 12.6. The molecule has 4 rings (SSSR count). The van der Waals surface area contributed by atoms with Crippen LogP contribution in [0.2, 0.25) is 0 Å². The van der Waals surface area contributed by atoms with Crippen LogP contribution in [0.25, 0.3) is 0 Å². The van der Waals surface area contributed by atoms with Crippen LogP contribution in [0.3, 0.4) is 0 Å². The van der Waals surface area contributed by atoms with Gasteiger partial charge in [-0.2, -0.15) is 0 Å². The van der Waals surface area contributed by atoms with E-state index >= 15 is 0 Å². The molecule has 0 aromatic rings. The first-order valence-corrected chi connectivity index (χ1v) is 5.95. The van der Waals surface area contributed by atoms with Gasteiger partial charge in [-0.1, -0.05) is 40.0 Å². The molecule has 0 amide bonds. The molecule has 0 aliphatic heterocycles. The molecule has 15 heavy (non-hydrogen) atoms. The Morgan fingerprint density at radius 3 is 1.13 bits per heavy atom. The molecule has 4 saturated carbocycles. The third-order valence-electron chi connectivity index (χ3n) is 4.81. The lowest BCUT2D eigenvalue weighted by molar-refractivity contribution is -0.519. The number of hydrogen-bond acceptors (Lipinski definition) is 1. The summed E-state index contributed by atoms with van der Waals surface area (Å²) in [5.74, 6) is 0. The van der Waals surface area contributed by atoms with E-state index in [-0.39, 0.29) is 6.15 Å². The van der Waals surface area contributed by atoms with E-state index in [9.17, 15) is 5.11 Å². The largest absolute Gasteiger partial charge is 0.849 e. The topological polar surface area (TPSA) is 59.6 Å². The van der Waals surface area contributed by atoms with E-state index in [4.69, 9.17) is 0 Å². The van der Waals surface area contributed by atoms with Crippen molar-refractivity contribution in [3.8, 4) is 0 Å². The molecule has 0 spiro atoms. The zero-order valence-electron chi connectivity index (χ0n) is 10.7.